The first kappa shape index (κ1) is 27.4. The van der Waals surface area contributed by atoms with E-state index in [9.17, 15) is 25.2 Å². The van der Waals surface area contributed by atoms with E-state index in [1.165, 1.54) is 7.11 Å². The van der Waals surface area contributed by atoms with Gasteiger partial charge >= 0.3 is 5.97 Å². The average Bonchev–Trinajstić information content (AvgIpc) is 3.36. The summed E-state index contributed by atoms with van der Waals surface area (Å²) >= 11 is 0. The van der Waals surface area contributed by atoms with Gasteiger partial charge in [-0.3, -0.25) is 4.79 Å². The van der Waals surface area contributed by atoms with Crippen molar-refractivity contribution in [3.8, 4) is 0 Å². The van der Waals surface area contributed by atoms with Gasteiger partial charge in [0.2, 0.25) is 12.1 Å². The summed E-state index contributed by atoms with van der Waals surface area (Å²) in [5.41, 5.74) is -3.22. The smallest absolute Gasteiger partial charge is 0.306 e. The number of fused-ring (bicyclic) bond motifs is 5. The summed E-state index contributed by atoms with van der Waals surface area (Å²) < 4.78 is 36.1. The molecule has 4 aliphatic carbocycles. The Balaban J connectivity index is 1.17. The van der Waals surface area contributed by atoms with Crippen molar-refractivity contribution in [2.24, 2.45) is 28.6 Å². The van der Waals surface area contributed by atoms with Crippen molar-refractivity contribution in [3.05, 3.63) is 11.6 Å². The van der Waals surface area contributed by atoms with Crippen LogP contribution in [0, 0.1) is 28.6 Å². The number of aliphatic hydroxyl groups is 4. The van der Waals surface area contributed by atoms with Gasteiger partial charge in [-0.05, 0) is 43.9 Å². The quantitative estimate of drug-likeness (QED) is 0.206. The lowest BCUT2D eigenvalue weighted by Crippen LogP contribution is -2.77. The number of cyclic esters (lactones) is 1. The summed E-state index contributed by atoms with van der Waals surface area (Å²) in [5.74, 6) is -3.01. The second-order valence-corrected chi connectivity index (χ2v) is 14.5. The maximum Gasteiger partial charge on any atom is 0.306 e. The van der Waals surface area contributed by atoms with Crippen LogP contribution in [-0.2, 0) is 33.2 Å². The van der Waals surface area contributed by atoms with Crippen molar-refractivity contribution in [1.29, 1.82) is 0 Å². The Kier molecular flexibility index (Phi) is 5.55. The van der Waals surface area contributed by atoms with Crippen molar-refractivity contribution in [2.45, 2.75) is 125 Å². The number of rotatable bonds is 2. The van der Waals surface area contributed by atoms with Crippen molar-refractivity contribution >= 4 is 5.97 Å². The Morgan fingerprint density at radius 3 is 2.59 bits per heavy atom. The van der Waals surface area contributed by atoms with Crippen LogP contribution in [0.2, 0.25) is 0 Å². The number of ether oxygens (including phenoxy) is 6. The fraction of sp³-hybridized carbons (Fsp3) is 0.900. The van der Waals surface area contributed by atoms with Crippen LogP contribution in [0.1, 0.15) is 59.3 Å². The molecule has 4 aliphatic heterocycles. The highest BCUT2D eigenvalue weighted by Gasteiger charge is 2.88. The number of carbonyl (C=O) groups excluding carboxylic acids is 1. The molecule has 11 heteroatoms. The van der Waals surface area contributed by atoms with Crippen LogP contribution in [0.25, 0.3) is 0 Å². The molecule has 0 aromatic heterocycles. The summed E-state index contributed by atoms with van der Waals surface area (Å²) in [6.07, 6.45) is -0.977. The van der Waals surface area contributed by atoms with Gasteiger partial charge in [-0.1, -0.05) is 25.5 Å². The monoisotopic (exact) mass is 578 g/mol. The first-order valence-corrected chi connectivity index (χ1v) is 15.2. The number of aliphatic hydroxyl groups excluding tert-OH is 2. The molecule has 41 heavy (non-hydrogen) atoms. The van der Waals surface area contributed by atoms with E-state index in [2.05, 4.69) is 0 Å². The highest BCUT2D eigenvalue weighted by Crippen LogP contribution is 2.77. The third-order valence-corrected chi connectivity index (χ3v) is 12.9. The standard InChI is InChI=1S/C30H42O11/c1-13-7-20(36-4)30(35)25(38-13)39-17-9-15-10-19-29(41-19)23(26(15,2)11-18(17)40-30)22(32)24(33)27(3)16(5-6-28(27,29)34)14-8-21(31)37-12-14/h9,13-14,16-20,22-25,32-35H,5-8,10-12H2,1-4H3/t13-,14?,16-,17-,18-,19+,20-,22+,23-,24+,25+,26+,27+,28-,29+,30+/m1/s1. The lowest BCUT2D eigenvalue weighted by atomic mass is 9.42. The largest absolute Gasteiger partial charge is 0.465 e. The van der Waals surface area contributed by atoms with Crippen molar-refractivity contribution in [3.63, 3.8) is 0 Å². The van der Waals surface area contributed by atoms with E-state index in [0.29, 0.717) is 32.1 Å². The lowest BCUT2D eigenvalue weighted by molar-refractivity contribution is -0.450. The van der Waals surface area contributed by atoms with E-state index in [-0.39, 0.29) is 43.0 Å². The molecule has 7 fully saturated rings. The summed E-state index contributed by atoms with van der Waals surface area (Å²) in [5, 5.41) is 48.3. The zero-order valence-electron chi connectivity index (χ0n) is 24.0. The topological polar surface area (TPSA) is 157 Å². The molecule has 3 saturated carbocycles. The van der Waals surface area contributed by atoms with Gasteiger partial charge in [0, 0.05) is 30.8 Å². The number of hydrogen-bond donors (Lipinski definition) is 4. The van der Waals surface area contributed by atoms with Crippen LogP contribution in [-0.4, -0.2) is 106 Å². The van der Waals surface area contributed by atoms with E-state index in [1.807, 2.05) is 26.8 Å². The SMILES string of the molecule is CO[C@@H]1C[C@@H](C)O[C@H]2O[C@@H]3C=C4C[C@@H]5O[C@]56[C@H]([C@H](O)[C@H](O)[C@]5(C)[C@@H](C7COC(=O)C7)CC[C@@]56O)[C@@]4(C)C[C@H]3O[C@]21O. The molecular weight excluding hydrogens is 536 g/mol. The maximum atomic E-state index is 12.7. The Morgan fingerprint density at radius 1 is 1.10 bits per heavy atom. The Bertz CT molecular complexity index is 1190. The number of carbonyl (C=O) groups is 1. The van der Waals surface area contributed by atoms with E-state index in [1.54, 1.807) is 0 Å². The van der Waals surface area contributed by atoms with Crippen LogP contribution in [0.5, 0.6) is 0 Å². The minimum absolute atomic E-state index is 0.130. The molecule has 4 saturated heterocycles. The van der Waals surface area contributed by atoms with Gasteiger partial charge in [-0.25, -0.2) is 0 Å². The van der Waals surface area contributed by atoms with Crippen LogP contribution in [0.15, 0.2) is 11.6 Å². The van der Waals surface area contributed by atoms with Gasteiger partial charge in [0.05, 0.1) is 43.5 Å². The number of esters is 1. The minimum Gasteiger partial charge on any atom is -0.465 e. The van der Waals surface area contributed by atoms with Gasteiger partial charge in [0.25, 0.3) is 0 Å². The summed E-state index contributed by atoms with van der Waals surface area (Å²) in [7, 11) is 1.53. The lowest BCUT2D eigenvalue weighted by Gasteiger charge is -2.64. The minimum atomic E-state index is -1.80. The molecule has 0 radical (unpaired) electrons. The molecule has 4 heterocycles. The highest BCUT2D eigenvalue weighted by molar-refractivity contribution is 5.71. The molecule has 0 bridgehead atoms. The average molecular weight is 579 g/mol. The summed E-state index contributed by atoms with van der Waals surface area (Å²) in [6, 6.07) is 0. The zero-order chi connectivity index (χ0) is 28.9. The fourth-order valence-electron chi connectivity index (χ4n) is 10.9. The third kappa shape index (κ3) is 3.08. The van der Waals surface area contributed by atoms with E-state index >= 15 is 0 Å². The first-order valence-electron chi connectivity index (χ1n) is 15.2. The summed E-state index contributed by atoms with van der Waals surface area (Å²) in [6.45, 7) is 6.07. The van der Waals surface area contributed by atoms with Crippen LogP contribution in [0.4, 0.5) is 0 Å². The Hall–Kier alpha value is -1.15. The van der Waals surface area contributed by atoms with Crippen molar-refractivity contribution in [2.75, 3.05) is 13.7 Å². The molecule has 0 aromatic carbocycles. The number of epoxide rings is 1. The molecule has 11 nitrogen and oxygen atoms in total. The van der Waals surface area contributed by atoms with Crippen LogP contribution >= 0.6 is 0 Å². The molecule has 0 aromatic rings. The molecular formula is C30H42O11. The molecule has 8 aliphatic rings. The predicted molar refractivity (Wildman–Crippen MR) is 138 cm³/mol. The van der Waals surface area contributed by atoms with Gasteiger partial charge in [0.1, 0.15) is 23.4 Å². The number of hydrogen-bond acceptors (Lipinski definition) is 11. The second-order valence-electron chi connectivity index (χ2n) is 14.5. The van der Waals surface area contributed by atoms with Gasteiger partial charge < -0.3 is 48.8 Å². The van der Waals surface area contributed by atoms with Gasteiger partial charge in [0.15, 0.2) is 0 Å². The molecule has 228 valence electrons. The van der Waals surface area contributed by atoms with Crippen LogP contribution in [0.3, 0.4) is 0 Å². The highest BCUT2D eigenvalue weighted by atomic mass is 16.8. The van der Waals surface area contributed by atoms with Gasteiger partial charge in [-0.15, -0.1) is 0 Å². The second kappa shape index (κ2) is 8.31. The molecule has 16 atom stereocenters. The first-order chi connectivity index (χ1) is 19.3. The van der Waals surface area contributed by atoms with E-state index in [4.69, 9.17) is 28.4 Å². The maximum absolute atomic E-state index is 12.7. The predicted octanol–water partition coefficient (Wildman–Crippen LogP) is 0.549. The van der Waals surface area contributed by atoms with Gasteiger partial charge in [-0.2, -0.15) is 0 Å². The molecule has 8 rings (SSSR count). The number of methoxy groups -OCH3 is 1. The molecule has 4 N–H and O–H groups in total. The van der Waals surface area contributed by atoms with E-state index < -0.39 is 70.5 Å². The third-order valence-electron chi connectivity index (χ3n) is 12.9. The van der Waals surface area contributed by atoms with Crippen LogP contribution < -0.4 is 0 Å². The van der Waals surface area contributed by atoms with Crippen molar-refractivity contribution < 1.29 is 53.6 Å². The fourth-order valence-corrected chi connectivity index (χ4v) is 10.9. The summed E-state index contributed by atoms with van der Waals surface area (Å²) in [4.78, 5) is 12.0. The molecule has 0 amide bonds. The Morgan fingerprint density at radius 2 is 1.88 bits per heavy atom. The van der Waals surface area contributed by atoms with Crippen molar-refractivity contribution in [1.82, 2.24) is 0 Å². The zero-order valence-corrected chi connectivity index (χ0v) is 24.0. The molecule has 1 spiro atoms. The Labute approximate surface area is 239 Å². The normalized spacial score (nSPS) is 62.3. The van der Waals surface area contributed by atoms with E-state index in [0.717, 1.165) is 5.57 Å². The molecule has 1 unspecified atom stereocenters.